The summed E-state index contributed by atoms with van der Waals surface area (Å²) >= 11 is 3.63. The Morgan fingerprint density at radius 3 is 1.79 bits per heavy atom. The summed E-state index contributed by atoms with van der Waals surface area (Å²) in [5.74, 6) is -0.961. The standard InChI is InChI=1S/C35H35BrN2O4S/c1-5-42-31(39)24-34(37-43(41)33(2,3)4)29-22-21-28(36)23-30(29)38(32(34)40)35(25-15-9-6-10-16-25,26-17-11-7-12-18-26)27-19-13-8-14-20-27/h6-23,37H,5,24H2,1-4H3/t34-,43?/m0/s1. The van der Waals surface area contributed by atoms with Gasteiger partial charge in [0.1, 0.15) is 11.1 Å². The van der Waals surface area contributed by atoms with Crippen LogP contribution in [0.4, 0.5) is 5.69 Å². The van der Waals surface area contributed by atoms with E-state index in [-0.39, 0.29) is 13.0 Å². The largest absolute Gasteiger partial charge is 0.466 e. The molecular formula is C35H35BrN2O4S. The lowest BCUT2D eigenvalue weighted by Gasteiger charge is -2.45. The summed E-state index contributed by atoms with van der Waals surface area (Å²) in [5, 5.41) is 0. The van der Waals surface area contributed by atoms with Gasteiger partial charge >= 0.3 is 5.97 Å². The molecule has 1 N–H and O–H groups in total. The lowest BCUT2D eigenvalue weighted by Crippen LogP contribution is -2.59. The molecule has 0 spiro atoms. The summed E-state index contributed by atoms with van der Waals surface area (Å²) < 4.78 is 22.4. The fourth-order valence-electron chi connectivity index (χ4n) is 5.77. The number of carbonyl (C=O) groups excluding carboxylic acids is 2. The van der Waals surface area contributed by atoms with E-state index < -0.39 is 38.7 Å². The highest BCUT2D eigenvalue weighted by molar-refractivity contribution is 9.10. The average Bonchev–Trinajstić information content (AvgIpc) is 3.21. The Morgan fingerprint density at radius 1 is 0.860 bits per heavy atom. The number of esters is 1. The van der Waals surface area contributed by atoms with Crippen LogP contribution in [0.2, 0.25) is 0 Å². The zero-order chi connectivity index (χ0) is 30.8. The van der Waals surface area contributed by atoms with Crippen LogP contribution in [0.25, 0.3) is 0 Å². The van der Waals surface area contributed by atoms with Gasteiger partial charge < -0.3 is 4.74 Å². The van der Waals surface area contributed by atoms with Gasteiger partial charge in [-0.15, -0.1) is 0 Å². The molecule has 0 saturated heterocycles. The summed E-state index contributed by atoms with van der Waals surface area (Å²) in [5.41, 5.74) is 0.903. The van der Waals surface area contributed by atoms with Gasteiger partial charge in [0.15, 0.2) is 0 Å². The number of hydrogen-bond acceptors (Lipinski definition) is 4. The molecule has 0 aliphatic carbocycles. The number of rotatable bonds is 9. The average molecular weight is 660 g/mol. The third-order valence-electron chi connectivity index (χ3n) is 7.68. The Labute approximate surface area is 264 Å². The van der Waals surface area contributed by atoms with Crippen LogP contribution in [0.1, 0.15) is 56.4 Å². The van der Waals surface area contributed by atoms with Gasteiger partial charge in [0.05, 0.1) is 34.4 Å². The van der Waals surface area contributed by atoms with Crippen molar-refractivity contribution in [1.82, 2.24) is 4.72 Å². The summed E-state index contributed by atoms with van der Waals surface area (Å²) in [6.07, 6.45) is -0.332. The molecule has 2 atom stereocenters. The number of amides is 1. The Hall–Kier alpha value is -3.59. The summed E-state index contributed by atoms with van der Waals surface area (Å²) in [4.78, 5) is 30.5. The molecule has 4 aromatic carbocycles. The highest BCUT2D eigenvalue weighted by Crippen LogP contribution is 2.54. The van der Waals surface area contributed by atoms with Gasteiger partial charge in [0, 0.05) is 10.0 Å². The van der Waals surface area contributed by atoms with E-state index in [1.165, 1.54) is 0 Å². The zero-order valence-corrected chi connectivity index (χ0v) is 27.1. The van der Waals surface area contributed by atoms with Crippen LogP contribution in [0.3, 0.4) is 0 Å². The summed E-state index contributed by atoms with van der Waals surface area (Å²) in [6.45, 7) is 7.37. The molecule has 222 valence electrons. The van der Waals surface area contributed by atoms with Crippen molar-refractivity contribution in [3.63, 3.8) is 0 Å². The number of hydrogen-bond donors (Lipinski definition) is 1. The number of ether oxygens (including phenoxy) is 1. The molecule has 1 aliphatic rings. The van der Waals surface area contributed by atoms with Crippen LogP contribution in [0, 0.1) is 0 Å². The molecule has 0 bridgehead atoms. The molecule has 43 heavy (non-hydrogen) atoms. The minimum Gasteiger partial charge on any atom is -0.466 e. The summed E-state index contributed by atoms with van der Waals surface area (Å²) in [7, 11) is -1.71. The molecule has 0 aromatic heterocycles. The molecule has 6 nitrogen and oxygen atoms in total. The normalized spacial score (nSPS) is 17.4. The van der Waals surface area contributed by atoms with Gasteiger partial charge in [-0.2, -0.15) is 0 Å². The highest BCUT2D eigenvalue weighted by atomic mass is 79.9. The molecule has 0 saturated carbocycles. The lowest BCUT2D eigenvalue weighted by atomic mass is 9.75. The van der Waals surface area contributed by atoms with Crippen molar-refractivity contribution in [2.24, 2.45) is 0 Å². The second-order valence-electron chi connectivity index (χ2n) is 11.5. The first-order chi connectivity index (χ1) is 20.6. The van der Waals surface area contributed by atoms with Crippen molar-refractivity contribution in [2.45, 2.75) is 49.9 Å². The minimum atomic E-state index is -1.71. The van der Waals surface area contributed by atoms with Crippen molar-refractivity contribution in [2.75, 3.05) is 11.5 Å². The third kappa shape index (κ3) is 5.48. The molecule has 4 aromatic rings. The highest BCUT2D eigenvalue weighted by Gasteiger charge is 2.60. The van der Waals surface area contributed by atoms with Gasteiger partial charge in [0.25, 0.3) is 5.91 Å². The van der Waals surface area contributed by atoms with Crippen molar-refractivity contribution in [3.8, 4) is 0 Å². The van der Waals surface area contributed by atoms with Crippen molar-refractivity contribution in [3.05, 3.63) is 136 Å². The van der Waals surface area contributed by atoms with Gasteiger partial charge in [0.2, 0.25) is 0 Å². The number of halogens is 1. The Kier molecular flexibility index (Phi) is 8.75. The molecular weight excluding hydrogens is 624 g/mol. The Morgan fingerprint density at radius 2 is 1.35 bits per heavy atom. The smallest absolute Gasteiger partial charge is 0.308 e. The van der Waals surface area contributed by atoms with E-state index in [4.69, 9.17) is 4.74 Å². The molecule has 0 fully saturated rings. The van der Waals surface area contributed by atoms with Gasteiger partial charge in [-0.1, -0.05) is 113 Å². The Balaban J connectivity index is 1.90. The van der Waals surface area contributed by atoms with E-state index in [0.717, 1.165) is 21.2 Å². The van der Waals surface area contributed by atoms with E-state index in [1.54, 1.807) is 11.8 Å². The van der Waals surface area contributed by atoms with E-state index in [9.17, 15) is 9.00 Å². The van der Waals surface area contributed by atoms with Crippen molar-refractivity contribution in [1.29, 1.82) is 0 Å². The van der Waals surface area contributed by atoms with Crippen LogP contribution in [-0.4, -0.2) is 27.4 Å². The zero-order valence-electron chi connectivity index (χ0n) is 24.7. The molecule has 1 unspecified atom stereocenters. The summed E-state index contributed by atoms with van der Waals surface area (Å²) in [6, 6.07) is 35.2. The van der Waals surface area contributed by atoms with Crippen LogP contribution >= 0.6 is 15.9 Å². The minimum absolute atomic E-state index is 0.157. The fraction of sp³-hybridized carbons (Fsp3) is 0.257. The van der Waals surface area contributed by atoms with Gasteiger partial charge in [-0.3, -0.25) is 14.5 Å². The van der Waals surface area contributed by atoms with Crippen LogP contribution in [0.5, 0.6) is 0 Å². The molecule has 0 radical (unpaired) electrons. The number of anilines is 1. The quantitative estimate of drug-likeness (QED) is 0.155. The van der Waals surface area contributed by atoms with Crippen LogP contribution in [0.15, 0.2) is 114 Å². The number of nitrogens with zero attached hydrogens (tertiary/aromatic N) is 1. The second-order valence-corrected chi connectivity index (χ2v) is 14.4. The number of carbonyl (C=O) groups is 2. The molecule has 5 rings (SSSR count). The maximum Gasteiger partial charge on any atom is 0.308 e. The predicted molar refractivity (Wildman–Crippen MR) is 175 cm³/mol. The third-order valence-corrected chi connectivity index (χ3v) is 9.82. The first-order valence-electron chi connectivity index (χ1n) is 14.2. The van der Waals surface area contributed by atoms with Crippen LogP contribution in [-0.2, 0) is 36.4 Å². The second kappa shape index (κ2) is 12.2. The first kappa shape index (κ1) is 30.9. The van der Waals surface area contributed by atoms with Gasteiger partial charge in [-0.05, 0) is 56.5 Å². The molecule has 8 heteroatoms. The number of nitrogens with one attached hydrogen (secondary N) is 1. The van der Waals surface area contributed by atoms with Crippen LogP contribution < -0.4 is 9.62 Å². The molecule has 1 amide bonds. The Bertz CT molecular complexity index is 1540. The first-order valence-corrected chi connectivity index (χ1v) is 16.2. The van der Waals surface area contributed by atoms with E-state index in [0.29, 0.717) is 11.3 Å². The monoisotopic (exact) mass is 658 g/mol. The SMILES string of the molecule is CCOC(=O)C[C@@]1(NS(=O)C(C)(C)C)C(=O)N(C(c2ccccc2)(c2ccccc2)c2ccccc2)c2cc(Br)ccc21. The predicted octanol–water partition coefficient (Wildman–Crippen LogP) is 6.99. The van der Waals surface area contributed by atoms with E-state index in [1.807, 2.05) is 130 Å². The van der Waals surface area contributed by atoms with Gasteiger partial charge in [-0.25, -0.2) is 8.93 Å². The van der Waals surface area contributed by atoms with Crippen molar-refractivity contribution < 1.29 is 18.5 Å². The maximum absolute atomic E-state index is 15.5. The van der Waals surface area contributed by atoms with E-state index >= 15 is 4.79 Å². The number of benzene rings is 4. The molecule has 1 heterocycles. The maximum atomic E-state index is 15.5. The fourth-order valence-corrected chi connectivity index (χ4v) is 7.01. The lowest BCUT2D eigenvalue weighted by molar-refractivity contribution is -0.147. The topological polar surface area (TPSA) is 75.7 Å². The van der Waals surface area contributed by atoms with E-state index in [2.05, 4.69) is 20.7 Å². The van der Waals surface area contributed by atoms with Crippen molar-refractivity contribution >= 4 is 44.5 Å². The molecule has 1 aliphatic heterocycles. The number of fused-ring (bicyclic) bond motifs is 1.